The lowest BCUT2D eigenvalue weighted by Gasteiger charge is -2.15. The summed E-state index contributed by atoms with van der Waals surface area (Å²) in [5, 5.41) is 10.6. The van der Waals surface area contributed by atoms with Gasteiger partial charge in [0.1, 0.15) is 0 Å². The molecule has 0 N–H and O–H groups in total. The Balaban J connectivity index is 2.08. The van der Waals surface area contributed by atoms with Crippen LogP contribution in [0.1, 0.15) is 28.9 Å². The Bertz CT molecular complexity index is 721. The molecule has 0 spiro atoms. The van der Waals surface area contributed by atoms with Crippen LogP contribution >= 0.6 is 0 Å². The van der Waals surface area contributed by atoms with Gasteiger partial charge in [-0.2, -0.15) is 4.39 Å². The topological polar surface area (TPSA) is 65.1 Å². The molecule has 1 aliphatic carbocycles. The number of fused-ring (bicyclic) bond motifs is 1. The van der Waals surface area contributed by atoms with E-state index in [0.29, 0.717) is 17.7 Å². The van der Waals surface area contributed by atoms with Gasteiger partial charge in [-0.15, -0.1) is 0 Å². The number of rotatable bonds is 2. The molecule has 0 atom stereocenters. The number of hydrogen-bond donors (Lipinski definition) is 0. The summed E-state index contributed by atoms with van der Waals surface area (Å²) in [6.07, 6.45) is 3.75. The van der Waals surface area contributed by atoms with Crippen LogP contribution in [0, 0.1) is 15.9 Å². The Labute approximate surface area is 113 Å². The van der Waals surface area contributed by atoms with Crippen LogP contribution in [0.2, 0.25) is 0 Å². The summed E-state index contributed by atoms with van der Waals surface area (Å²) in [5.41, 5.74) is 1.44. The highest BCUT2D eigenvalue weighted by Crippen LogP contribution is 2.27. The molecule has 0 aliphatic heterocycles. The van der Waals surface area contributed by atoms with Crippen molar-refractivity contribution in [3.8, 4) is 5.69 Å². The van der Waals surface area contributed by atoms with Crippen LogP contribution in [0.4, 0.5) is 10.1 Å². The van der Waals surface area contributed by atoms with E-state index in [-0.39, 0.29) is 5.78 Å². The number of halogens is 1. The van der Waals surface area contributed by atoms with Gasteiger partial charge in [0.25, 0.3) is 0 Å². The zero-order chi connectivity index (χ0) is 14.3. The third-order valence-corrected chi connectivity index (χ3v) is 3.52. The van der Waals surface area contributed by atoms with Crippen molar-refractivity contribution in [3.05, 3.63) is 57.7 Å². The standard InChI is InChI=1S/C14H11FN2O3/c15-11-8-9(4-5-13(11)17(19)20)16-7-6-10-12(16)2-1-3-14(10)18/h4-8H,1-3H2. The molecule has 3 rings (SSSR count). The summed E-state index contributed by atoms with van der Waals surface area (Å²) in [7, 11) is 0. The quantitative estimate of drug-likeness (QED) is 0.624. The van der Waals surface area contributed by atoms with Gasteiger partial charge in [-0.1, -0.05) is 0 Å². The zero-order valence-electron chi connectivity index (χ0n) is 10.5. The van der Waals surface area contributed by atoms with Gasteiger partial charge in [-0.3, -0.25) is 14.9 Å². The number of aromatic nitrogens is 1. The molecule has 0 amide bonds. The molecule has 0 saturated carbocycles. The lowest BCUT2D eigenvalue weighted by molar-refractivity contribution is -0.387. The largest absolute Gasteiger partial charge is 0.320 e. The predicted molar refractivity (Wildman–Crippen MR) is 69.6 cm³/mol. The van der Waals surface area contributed by atoms with Crippen molar-refractivity contribution in [1.29, 1.82) is 0 Å². The third kappa shape index (κ3) is 1.89. The van der Waals surface area contributed by atoms with Crippen molar-refractivity contribution < 1.29 is 14.1 Å². The van der Waals surface area contributed by atoms with Gasteiger partial charge in [-0.25, -0.2) is 0 Å². The van der Waals surface area contributed by atoms with E-state index in [9.17, 15) is 19.3 Å². The molecule has 5 nitrogen and oxygen atoms in total. The Hall–Kier alpha value is -2.50. The fraction of sp³-hybridized carbons (Fsp3) is 0.214. The molecule has 6 heteroatoms. The average molecular weight is 274 g/mol. The summed E-state index contributed by atoms with van der Waals surface area (Å²) >= 11 is 0. The number of hydrogen-bond acceptors (Lipinski definition) is 3. The summed E-state index contributed by atoms with van der Waals surface area (Å²) < 4.78 is 15.4. The maximum Gasteiger partial charge on any atom is 0.304 e. The lowest BCUT2D eigenvalue weighted by atomic mass is 9.97. The maximum absolute atomic E-state index is 13.7. The molecule has 102 valence electrons. The minimum Gasteiger partial charge on any atom is -0.320 e. The van der Waals surface area contributed by atoms with Gasteiger partial charge < -0.3 is 4.57 Å². The molecular formula is C14H11FN2O3. The fourth-order valence-corrected chi connectivity index (χ4v) is 2.56. The maximum atomic E-state index is 13.7. The van der Waals surface area contributed by atoms with Crippen LogP contribution in [0.15, 0.2) is 30.5 Å². The van der Waals surface area contributed by atoms with E-state index >= 15 is 0 Å². The summed E-state index contributed by atoms with van der Waals surface area (Å²) in [6.45, 7) is 0. The van der Waals surface area contributed by atoms with Crippen molar-refractivity contribution in [3.63, 3.8) is 0 Å². The molecular weight excluding hydrogens is 263 g/mol. The molecule has 0 bridgehead atoms. The summed E-state index contributed by atoms with van der Waals surface area (Å²) in [4.78, 5) is 21.6. The van der Waals surface area contributed by atoms with Gasteiger partial charge in [0.15, 0.2) is 5.78 Å². The van der Waals surface area contributed by atoms with E-state index in [1.807, 2.05) is 0 Å². The number of nitrogens with zero attached hydrogens (tertiary/aromatic N) is 2. The highest BCUT2D eigenvalue weighted by molar-refractivity contribution is 5.98. The van der Waals surface area contributed by atoms with Gasteiger partial charge in [0.05, 0.1) is 4.92 Å². The van der Waals surface area contributed by atoms with Gasteiger partial charge in [0, 0.05) is 41.7 Å². The van der Waals surface area contributed by atoms with Crippen molar-refractivity contribution in [1.82, 2.24) is 4.57 Å². The Kier molecular flexibility index (Phi) is 2.85. The summed E-state index contributed by atoms with van der Waals surface area (Å²) in [5.74, 6) is -0.788. The van der Waals surface area contributed by atoms with E-state index in [4.69, 9.17) is 0 Å². The molecule has 1 aromatic carbocycles. The van der Waals surface area contributed by atoms with Crippen molar-refractivity contribution in [2.45, 2.75) is 19.3 Å². The number of carbonyl (C=O) groups excluding carboxylic acids is 1. The second-order valence-corrected chi connectivity index (χ2v) is 4.72. The smallest absolute Gasteiger partial charge is 0.304 e. The molecule has 1 aromatic heterocycles. The van der Waals surface area contributed by atoms with Crippen LogP contribution in [0.5, 0.6) is 0 Å². The monoisotopic (exact) mass is 274 g/mol. The normalized spacial score (nSPS) is 14.2. The first kappa shape index (κ1) is 12.5. The number of benzene rings is 1. The Morgan fingerprint density at radius 1 is 1.25 bits per heavy atom. The number of nitro benzene ring substituents is 1. The predicted octanol–water partition coefficient (Wildman–Crippen LogP) is 3.04. The van der Waals surface area contributed by atoms with Crippen molar-refractivity contribution in [2.75, 3.05) is 0 Å². The minimum atomic E-state index is -0.878. The molecule has 20 heavy (non-hydrogen) atoms. The fourth-order valence-electron chi connectivity index (χ4n) is 2.56. The first-order valence-electron chi connectivity index (χ1n) is 6.25. The SMILES string of the molecule is O=C1CCCc2c1ccn2-c1ccc([N+](=O)[O-])c(F)c1. The van der Waals surface area contributed by atoms with Gasteiger partial charge >= 0.3 is 5.69 Å². The van der Waals surface area contributed by atoms with Crippen LogP contribution in [-0.4, -0.2) is 15.3 Å². The molecule has 0 saturated heterocycles. The molecule has 0 fully saturated rings. The minimum absolute atomic E-state index is 0.0902. The highest BCUT2D eigenvalue weighted by atomic mass is 19.1. The second-order valence-electron chi connectivity index (χ2n) is 4.72. The molecule has 0 radical (unpaired) electrons. The number of Topliss-reactive ketones (excluding diaryl/α,β-unsaturated/α-hetero) is 1. The zero-order valence-corrected chi connectivity index (χ0v) is 10.5. The Morgan fingerprint density at radius 3 is 2.75 bits per heavy atom. The molecule has 2 aromatic rings. The van der Waals surface area contributed by atoms with Gasteiger partial charge in [-0.05, 0) is 25.0 Å². The van der Waals surface area contributed by atoms with E-state index in [0.717, 1.165) is 30.7 Å². The number of carbonyl (C=O) groups is 1. The highest BCUT2D eigenvalue weighted by Gasteiger charge is 2.22. The first-order valence-corrected chi connectivity index (χ1v) is 6.25. The Morgan fingerprint density at radius 2 is 2.05 bits per heavy atom. The lowest BCUT2D eigenvalue weighted by Crippen LogP contribution is -2.12. The van der Waals surface area contributed by atoms with E-state index < -0.39 is 16.4 Å². The van der Waals surface area contributed by atoms with Crippen LogP contribution in [-0.2, 0) is 6.42 Å². The van der Waals surface area contributed by atoms with Crippen LogP contribution < -0.4 is 0 Å². The van der Waals surface area contributed by atoms with E-state index in [1.165, 1.54) is 6.07 Å². The van der Waals surface area contributed by atoms with Crippen molar-refractivity contribution >= 4 is 11.5 Å². The van der Waals surface area contributed by atoms with Crippen LogP contribution in [0.25, 0.3) is 5.69 Å². The number of ketones is 1. The molecule has 0 unspecified atom stereocenters. The van der Waals surface area contributed by atoms with Gasteiger partial charge in [0.2, 0.25) is 5.82 Å². The first-order chi connectivity index (χ1) is 9.58. The summed E-state index contributed by atoms with van der Waals surface area (Å²) in [6, 6.07) is 5.47. The van der Waals surface area contributed by atoms with E-state index in [1.54, 1.807) is 16.8 Å². The van der Waals surface area contributed by atoms with Crippen molar-refractivity contribution in [2.24, 2.45) is 0 Å². The number of nitro groups is 1. The van der Waals surface area contributed by atoms with Crippen LogP contribution in [0.3, 0.4) is 0 Å². The molecule has 1 heterocycles. The molecule has 1 aliphatic rings. The second kappa shape index (κ2) is 4.56. The van der Waals surface area contributed by atoms with E-state index in [2.05, 4.69) is 0 Å². The third-order valence-electron chi connectivity index (χ3n) is 3.52. The average Bonchev–Trinajstić information content (AvgIpc) is 2.83.